The molecule has 0 spiro atoms. The van der Waals surface area contributed by atoms with Crippen LogP contribution in [0, 0.1) is 24.0 Å². The van der Waals surface area contributed by atoms with Crippen LogP contribution in [0.25, 0.3) is 5.65 Å². The van der Waals surface area contributed by atoms with Crippen molar-refractivity contribution in [1.29, 1.82) is 0 Å². The molecular weight excluding hydrogens is 428 g/mol. The van der Waals surface area contributed by atoms with Crippen molar-refractivity contribution in [3.8, 4) is 5.75 Å². The quantitative estimate of drug-likeness (QED) is 0.545. The van der Waals surface area contributed by atoms with Gasteiger partial charge < -0.3 is 14.8 Å². The Morgan fingerprint density at radius 3 is 2.61 bits per heavy atom. The number of hydrogen-bond donors (Lipinski definition) is 1. The van der Waals surface area contributed by atoms with E-state index >= 15 is 0 Å². The molecule has 0 unspecified atom stereocenters. The SMILES string of the molecule is COCC(C)(C)CNC(=O)c1c(C)nc2c(OCc3c(F)cccc3F)cc(Cl)cn12. The Bertz CT molecular complexity index is 1090. The van der Waals surface area contributed by atoms with Gasteiger partial charge in [-0.1, -0.05) is 31.5 Å². The molecule has 6 nitrogen and oxygen atoms in total. The molecule has 1 N–H and O–H groups in total. The average molecular weight is 452 g/mol. The number of halogens is 3. The first-order valence-electron chi connectivity index (χ1n) is 9.64. The standard InChI is InChI=1S/C22H24ClF2N3O3/c1-13-19(21(29)26-11-22(2,3)12-30-4)28-9-14(23)8-18(20(28)27-13)31-10-15-16(24)6-5-7-17(15)25/h5-9H,10-12H2,1-4H3,(H,26,29). The predicted molar refractivity (Wildman–Crippen MR) is 114 cm³/mol. The number of pyridine rings is 1. The third-order valence-electron chi connectivity index (χ3n) is 4.74. The largest absolute Gasteiger partial charge is 0.485 e. The van der Waals surface area contributed by atoms with Gasteiger partial charge in [-0.3, -0.25) is 9.20 Å². The molecule has 3 aromatic rings. The number of imidazole rings is 1. The molecule has 0 aliphatic rings. The minimum atomic E-state index is -0.712. The number of hydrogen-bond acceptors (Lipinski definition) is 4. The van der Waals surface area contributed by atoms with Crippen molar-refractivity contribution >= 4 is 23.2 Å². The number of rotatable bonds is 8. The highest BCUT2D eigenvalue weighted by atomic mass is 35.5. The van der Waals surface area contributed by atoms with Crippen LogP contribution in [-0.2, 0) is 11.3 Å². The topological polar surface area (TPSA) is 64.9 Å². The van der Waals surface area contributed by atoms with Crippen molar-refractivity contribution in [2.45, 2.75) is 27.4 Å². The van der Waals surface area contributed by atoms with E-state index in [1.54, 1.807) is 20.2 Å². The van der Waals surface area contributed by atoms with Crippen LogP contribution in [0.1, 0.15) is 35.6 Å². The van der Waals surface area contributed by atoms with Crippen molar-refractivity contribution in [2.75, 3.05) is 20.3 Å². The fraction of sp³-hybridized carbons (Fsp3) is 0.364. The molecule has 0 fully saturated rings. The molecule has 1 amide bonds. The second kappa shape index (κ2) is 9.20. The summed E-state index contributed by atoms with van der Waals surface area (Å²) in [6.07, 6.45) is 1.54. The van der Waals surface area contributed by atoms with E-state index in [9.17, 15) is 13.6 Å². The van der Waals surface area contributed by atoms with Crippen molar-refractivity contribution in [3.05, 3.63) is 64.1 Å². The number of fused-ring (bicyclic) bond motifs is 1. The summed E-state index contributed by atoms with van der Waals surface area (Å²) in [7, 11) is 1.61. The molecule has 0 saturated carbocycles. The number of nitrogens with zero attached hydrogens (tertiary/aromatic N) is 2. The van der Waals surface area contributed by atoms with E-state index in [0.29, 0.717) is 30.2 Å². The Labute approximate surface area is 184 Å². The summed E-state index contributed by atoms with van der Waals surface area (Å²) >= 11 is 6.22. The summed E-state index contributed by atoms with van der Waals surface area (Å²) in [6, 6.07) is 5.08. The Morgan fingerprint density at radius 1 is 1.29 bits per heavy atom. The lowest BCUT2D eigenvalue weighted by molar-refractivity contribution is 0.0842. The molecule has 0 atom stereocenters. The molecule has 1 aromatic carbocycles. The zero-order chi connectivity index (χ0) is 22.8. The van der Waals surface area contributed by atoms with Crippen LogP contribution in [0.4, 0.5) is 8.78 Å². The third-order valence-corrected chi connectivity index (χ3v) is 4.95. The van der Waals surface area contributed by atoms with Crippen LogP contribution in [0.5, 0.6) is 5.75 Å². The lowest BCUT2D eigenvalue weighted by atomic mass is 9.95. The number of methoxy groups -OCH3 is 1. The van der Waals surface area contributed by atoms with E-state index < -0.39 is 11.6 Å². The van der Waals surface area contributed by atoms with Crippen LogP contribution < -0.4 is 10.1 Å². The predicted octanol–water partition coefficient (Wildman–Crippen LogP) is 4.56. The first-order chi connectivity index (χ1) is 14.6. The van der Waals surface area contributed by atoms with Crippen molar-refractivity contribution in [2.24, 2.45) is 5.41 Å². The lowest BCUT2D eigenvalue weighted by Gasteiger charge is -2.23. The zero-order valence-electron chi connectivity index (χ0n) is 17.8. The Morgan fingerprint density at radius 2 is 1.97 bits per heavy atom. The molecule has 31 heavy (non-hydrogen) atoms. The summed E-state index contributed by atoms with van der Waals surface area (Å²) in [5.41, 5.74) is 0.621. The normalized spacial score (nSPS) is 11.7. The fourth-order valence-corrected chi connectivity index (χ4v) is 3.44. The number of benzene rings is 1. The van der Waals surface area contributed by atoms with E-state index in [2.05, 4.69) is 10.3 Å². The van der Waals surface area contributed by atoms with Gasteiger partial charge in [-0.2, -0.15) is 0 Å². The minimum Gasteiger partial charge on any atom is -0.485 e. The molecular formula is C22H24ClF2N3O3. The van der Waals surface area contributed by atoms with Crippen molar-refractivity contribution < 1.29 is 23.0 Å². The van der Waals surface area contributed by atoms with Crippen LogP contribution >= 0.6 is 11.6 Å². The number of aryl methyl sites for hydroxylation is 1. The summed E-state index contributed by atoms with van der Waals surface area (Å²) in [5.74, 6) is -1.55. The van der Waals surface area contributed by atoms with Gasteiger partial charge in [-0.15, -0.1) is 0 Å². The fourth-order valence-electron chi connectivity index (χ4n) is 3.24. The maximum absolute atomic E-state index is 13.9. The second-order valence-electron chi connectivity index (χ2n) is 8.03. The number of ether oxygens (including phenoxy) is 2. The Hall–Kier alpha value is -2.71. The van der Waals surface area contributed by atoms with Gasteiger partial charge in [0.15, 0.2) is 11.4 Å². The van der Waals surface area contributed by atoms with Gasteiger partial charge in [0.05, 0.1) is 22.9 Å². The molecule has 0 aliphatic heterocycles. The molecule has 3 rings (SSSR count). The zero-order valence-corrected chi connectivity index (χ0v) is 18.5. The van der Waals surface area contributed by atoms with Gasteiger partial charge in [-0.05, 0) is 19.1 Å². The number of aromatic nitrogens is 2. The maximum Gasteiger partial charge on any atom is 0.270 e. The van der Waals surface area contributed by atoms with Crippen LogP contribution in [0.2, 0.25) is 5.02 Å². The highest BCUT2D eigenvalue weighted by Gasteiger charge is 2.23. The van der Waals surface area contributed by atoms with Gasteiger partial charge in [-0.25, -0.2) is 13.8 Å². The Kier molecular flexibility index (Phi) is 6.81. The highest BCUT2D eigenvalue weighted by Crippen LogP contribution is 2.28. The lowest BCUT2D eigenvalue weighted by Crippen LogP contribution is -2.37. The van der Waals surface area contributed by atoms with Crippen molar-refractivity contribution in [3.63, 3.8) is 0 Å². The molecule has 166 valence electrons. The molecule has 2 heterocycles. The summed E-state index contributed by atoms with van der Waals surface area (Å²) < 4.78 is 40.2. The second-order valence-corrected chi connectivity index (χ2v) is 8.47. The first-order valence-corrected chi connectivity index (χ1v) is 10.0. The monoisotopic (exact) mass is 451 g/mol. The number of carbonyl (C=O) groups excluding carboxylic acids is 1. The van der Waals surface area contributed by atoms with E-state index in [1.165, 1.54) is 16.5 Å². The smallest absolute Gasteiger partial charge is 0.270 e. The van der Waals surface area contributed by atoms with E-state index in [-0.39, 0.29) is 34.3 Å². The molecule has 0 saturated heterocycles. The van der Waals surface area contributed by atoms with Gasteiger partial charge in [0.1, 0.15) is 23.9 Å². The van der Waals surface area contributed by atoms with Gasteiger partial charge in [0, 0.05) is 31.3 Å². The summed E-state index contributed by atoms with van der Waals surface area (Å²) in [5, 5.41) is 3.17. The van der Waals surface area contributed by atoms with Gasteiger partial charge in [0.25, 0.3) is 5.91 Å². The highest BCUT2D eigenvalue weighted by molar-refractivity contribution is 6.30. The van der Waals surface area contributed by atoms with E-state index in [0.717, 1.165) is 12.1 Å². The first kappa shape index (κ1) is 23.0. The van der Waals surface area contributed by atoms with Crippen LogP contribution in [0.15, 0.2) is 30.5 Å². The van der Waals surface area contributed by atoms with Crippen LogP contribution in [0.3, 0.4) is 0 Å². The number of nitrogens with one attached hydrogen (secondary N) is 1. The molecule has 9 heteroatoms. The van der Waals surface area contributed by atoms with Gasteiger partial charge in [0.2, 0.25) is 0 Å². The average Bonchev–Trinajstić information content (AvgIpc) is 3.01. The molecule has 0 bridgehead atoms. The third kappa shape index (κ3) is 5.14. The van der Waals surface area contributed by atoms with E-state index in [1.807, 2.05) is 13.8 Å². The van der Waals surface area contributed by atoms with E-state index in [4.69, 9.17) is 21.1 Å². The van der Waals surface area contributed by atoms with Gasteiger partial charge >= 0.3 is 0 Å². The number of carbonyl (C=O) groups is 1. The van der Waals surface area contributed by atoms with Crippen LogP contribution in [-0.4, -0.2) is 35.6 Å². The molecule has 2 aromatic heterocycles. The summed E-state index contributed by atoms with van der Waals surface area (Å²) in [4.78, 5) is 17.3. The minimum absolute atomic E-state index is 0.206. The molecule has 0 aliphatic carbocycles. The number of amides is 1. The van der Waals surface area contributed by atoms with Crippen molar-refractivity contribution in [1.82, 2.24) is 14.7 Å². The Balaban J connectivity index is 1.90. The molecule has 0 radical (unpaired) electrons. The maximum atomic E-state index is 13.9. The summed E-state index contributed by atoms with van der Waals surface area (Å²) in [6.45, 7) is 6.16.